The van der Waals surface area contributed by atoms with Crippen molar-refractivity contribution in [2.24, 2.45) is 0 Å². The molecule has 0 spiro atoms. The molecule has 3 rings (SSSR count). The lowest BCUT2D eigenvalue weighted by Crippen LogP contribution is -2.29. The second-order valence-electron chi connectivity index (χ2n) is 5.89. The van der Waals surface area contributed by atoms with Gasteiger partial charge in [0, 0.05) is 0 Å². The molecule has 1 amide bonds. The van der Waals surface area contributed by atoms with Gasteiger partial charge >= 0.3 is 0 Å². The van der Waals surface area contributed by atoms with Gasteiger partial charge in [0.15, 0.2) is 11.5 Å². The van der Waals surface area contributed by atoms with Gasteiger partial charge in [-0.05, 0) is 43.7 Å². The van der Waals surface area contributed by atoms with Gasteiger partial charge in [-0.25, -0.2) is 0 Å². The minimum atomic E-state index is -0.502. The molecule has 0 saturated heterocycles. The molecule has 0 aliphatic carbocycles. The zero-order chi connectivity index (χ0) is 17.3. The van der Waals surface area contributed by atoms with Gasteiger partial charge in [0.2, 0.25) is 0 Å². The summed E-state index contributed by atoms with van der Waals surface area (Å²) in [5, 5.41) is 0. The molecule has 0 radical (unpaired) electrons. The van der Waals surface area contributed by atoms with Crippen LogP contribution in [0.3, 0.4) is 0 Å². The first-order chi connectivity index (χ1) is 11.5. The van der Waals surface area contributed by atoms with E-state index in [-0.39, 0.29) is 6.10 Å². The molecule has 0 atom stereocenters. The fourth-order valence-corrected chi connectivity index (χ4v) is 2.75. The number of Topliss-reactive ketones (excluding diaryl/α,β-unsaturated/α-hetero) is 1. The molecule has 0 aromatic heterocycles. The van der Waals surface area contributed by atoms with Crippen LogP contribution >= 0.6 is 0 Å². The Bertz CT molecular complexity index is 798. The number of methoxy groups -OCH3 is 1. The molecule has 1 aliphatic heterocycles. The number of carbonyl (C=O) groups excluding carboxylic acids is 2. The Morgan fingerprint density at radius 3 is 2.50 bits per heavy atom. The van der Waals surface area contributed by atoms with E-state index in [1.165, 1.54) is 4.90 Å². The topological polar surface area (TPSA) is 55.8 Å². The number of fused-ring (bicyclic) bond motifs is 1. The molecule has 124 valence electrons. The third kappa shape index (κ3) is 2.85. The Labute approximate surface area is 140 Å². The summed E-state index contributed by atoms with van der Waals surface area (Å²) >= 11 is 0. The van der Waals surface area contributed by atoms with Crippen LogP contribution < -0.4 is 14.4 Å². The molecule has 1 heterocycles. The summed E-state index contributed by atoms with van der Waals surface area (Å²) in [6.45, 7) is 4.19. The van der Waals surface area contributed by atoms with Crippen molar-refractivity contribution in [3.63, 3.8) is 0 Å². The number of hydrogen-bond acceptors (Lipinski definition) is 4. The first-order valence-electron chi connectivity index (χ1n) is 7.80. The van der Waals surface area contributed by atoms with Gasteiger partial charge in [0.25, 0.3) is 11.7 Å². The average molecular weight is 325 g/mol. The molecule has 2 aromatic rings. The first kappa shape index (κ1) is 16.1. The fraction of sp³-hybridized carbons (Fsp3) is 0.263. The van der Waals surface area contributed by atoms with E-state index >= 15 is 0 Å². The molecule has 0 N–H and O–H groups in total. The number of amides is 1. The summed E-state index contributed by atoms with van der Waals surface area (Å²) < 4.78 is 11.1. The molecule has 0 unspecified atom stereocenters. The van der Waals surface area contributed by atoms with Gasteiger partial charge < -0.3 is 14.4 Å². The second-order valence-corrected chi connectivity index (χ2v) is 5.89. The van der Waals surface area contributed by atoms with Crippen LogP contribution in [0.2, 0.25) is 0 Å². The Morgan fingerprint density at radius 2 is 1.79 bits per heavy atom. The minimum absolute atomic E-state index is 0.0365. The van der Waals surface area contributed by atoms with Crippen molar-refractivity contribution in [3.8, 4) is 11.5 Å². The number of ether oxygens (including phenoxy) is 2. The van der Waals surface area contributed by atoms with Crippen molar-refractivity contribution in [1.29, 1.82) is 0 Å². The van der Waals surface area contributed by atoms with Gasteiger partial charge in [-0.1, -0.05) is 18.2 Å². The Kier molecular flexibility index (Phi) is 4.25. The number of ketones is 1. The number of para-hydroxylation sites is 1. The van der Waals surface area contributed by atoms with Crippen molar-refractivity contribution in [2.75, 3.05) is 12.0 Å². The van der Waals surface area contributed by atoms with Crippen LogP contribution in [0.15, 0.2) is 42.5 Å². The third-order valence-electron chi connectivity index (χ3n) is 3.81. The Hall–Kier alpha value is -2.82. The van der Waals surface area contributed by atoms with Crippen LogP contribution in [-0.4, -0.2) is 24.9 Å². The van der Waals surface area contributed by atoms with Crippen molar-refractivity contribution >= 4 is 17.4 Å². The van der Waals surface area contributed by atoms with Crippen molar-refractivity contribution in [1.82, 2.24) is 0 Å². The fourth-order valence-electron chi connectivity index (χ4n) is 2.75. The summed E-state index contributed by atoms with van der Waals surface area (Å²) in [6, 6.07) is 12.6. The Balaban J connectivity index is 1.89. The number of nitrogens with zero attached hydrogens (tertiary/aromatic N) is 1. The molecule has 5 nitrogen and oxygen atoms in total. The summed E-state index contributed by atoms with van der Waals surface area (Å²) in [6.07, 6.45) is 0.0365. The molecular formula is C19H19NO4. The minimum Gasteiger partial charge on any atom is -0.493 e. The lowest BCUT2D eigenvalue weighted by Gasteiger charge is -2.18. The molecule has 0 fully saturated rings. The van der Waals surface area contributed by atoms with Gasteiger partial charge in [0.05, 0.1) is 31.0 Å². The van der Waals surface area contributed by atoms with Gasteiger partial charge in [-0.3, -0.25) is 9.59 Å². The third-order valence-corrected chi connectivity index (χ3v) is 3.81. The van der Waals surface area contributed by atoms with E-state index < -0.39 is 11.7 Å². The number of hydrogen-bond donors (Lipinski definition) is 0. The number of carbonyl (C=O) groups is 2. The average Bonchev–Trinajstić information content (AvgIpc) is 2.81. The largest absolute Gasteiger partial charge is 0.493 e. The van der Waals surface area contributed by atoms with E-state index in [9.17, 15) is 9.59 Å². The van der Waals surface area contributed by atoms with Crippen LogP contribution in [0.1, 0.15) is 29.8 Å². The van der Waals surface area contributed by atoms with E-state index in [0.29, 0.717) is 29.3 Å². The smallest absolute Gasteiger partial charge is 0.299 e. The maximum absolute atomic E-state index is 12.3. The molecule has 0 bridgehead atoms. The molecule has 24 heavy (non-hydrogen) atoms. The van der Waals surface area contributed by atoms with Crippen molar-refractivity contribution in [2.45, 2.75) is 26.5 Å². The Morgan fingerprint density at radius 1 is 1.04 bits per heavy atom. The maximum atomic E-state index is 12.3. The van der Waals surface area contributed by atoms with E-state index in [1.54, 1.807) is 25.3 Å². The van der Waals surface area contributed by atoms with Crippen LogP contribution in [0.4, 0.5) is 5.69 Å². The number of rotatable bonds is 5. The highest BCUT2D eigenvalue weighted by atomic mass is 16.5. The summed E-state index contributed by atoms with van der Waals surface area (Å²) in [5.74, 6) is 0.294. The predicted octanol–water partition coefficient (Wildman–Crippen LogP) is 3.21. The van der Waals surface area contributed by atoms with Gasteiger partial charge in [-0.2, -0.15) is 0 Å². The molecule has 1 aliphatic rings. The SMILES string of the molecule is COc1cc(CN2C(=O)C(=O)c3ccccc32)ccc1OC(C)C. The van der Waals surface area contributed by atoms with Crippen LogP contribution in [0.25, 0.3) is 0 Å². The van der Waals surface area contributed by atoms with Crippen LogP contribution in [0.5, 0.6) is 11.5 Å². The van der Waals surface area contributed by atoms with E-state index in [0.717, 1.165) is 5.56 Å². The lowest BCUT2D eigenvalue weighted by molar-refractivity contribution is -0.114. The normalized spacial score (nSPS) is 13.4. The number of anilines is 1. The van der Waals surface area contributed by atoms with E-state index in [2.05, 4.69) is 0 Å². The quantitative estimate of drug-likeness (QED) is 0.792. The van der Waals surface area contributed by atoms with E-state index in [1.807, 2.05) is 38.1 Å². The van der Waals surface area contributed by atoms with Crippen LogP contribution in [-0.2, 0) is 11.3 Å². The zero-order valence-corrected chi connectivity index (χ0v) is 13.9. The molecule has 2 aromatic carbocycles. The van der Waals surface area contributed by atoms with Gasteiger partial charge in [-0.15, -0.1) is 0 Å². The maximum Gasteiger partial charge on any atom is 0.299 e. The zero-order valence-electron chi connectivity index (χ0n) is 13.9. The molecular weight excluding hydrogens is 306 g/mol. The van der Waals surface area contributed by atoms with Crippen LogP contribution in [0, 0.1) is 0 Å². The predicted molar refractivity (Wildman–Crippen MR) is 90.7 cm³/mol. The highest BCUT2D eigenvalue weighted by molar-refractivity contribution is 6.52. The van der Waals surface area contributed by atoms with Gasteiger partial charge in [0.1, 0.15) is 0 Å². The monoisotopic (exact) mass is 325 g/mol. The van der Waals surface area contributed by atoms with Crippen molar-refractivity contribution < 1.29 is 19.1 Å². The molecule has 5 heteroatoms. The molecule has 0 saturated carbocycles. The summed E-state index contributed by atoms with van der Waals surface area (Å²) in [7, 11) is 1.58. The van der Waals surface area contributed by atoms with Crippen molar-refractivity contribution in [3.05, 3.63) is 53.6 Å². The second kappa shape index (κ2) is 6.35. The summed E-state index contributed by atoms with van der Waals surface area (Å²) in [4.78, 5) is 25.8. The summed E-state index contributed by atoms with van der Waals surface area (Å²) in [5.41, 5.74) is 1.96. The first-order valence-corrected chi connectivity index (χ1v) is 7.80. The highest BCUT2D eigenvalue weighted by Gasteiger charge is 2.35. The number of benzene rings is 2. The van der Waals surface area contributed by atoms with E-state index in [4.69, 9.17) is 9.47 Å². The highest BCUT2D eigenvalue weighted by Crippen LogP contribution is 2.33. The standard InChI is InChI=1S/C19H19NO4/c1-12(2)24-16-9-8-13(10-17(16)23-3)11-20-15-7-5-4-6-14(15)18(21)19(20)22/h4-10,12H,11H2,1-3H3. The lowest BCUT2D eigenvalue weighted by atomic mass is 10.1.